The van der Waals surface area contributed by atoms with E-state index in [9.17, 15) is 9.59 Å². The Hall–Kier alpha value is -2.61. The second kappa shape index (κ2) is 9.04. The van der Waals surface area contributed by atoms with Crippen molar-refractivity contribution in [3.05, 3.63) is 23.8 Å². The molecule has 2 N–H and O–H groups in total. The number of carbonyl (C=O) groups excluding carboxylic acids is 2. The Kier molecular flexibility index (Phi) is 6.22. The summed E-state index contributed by atoms with van der Waals surface area (Å²) in [6, 6.07) is 6.53. The minimum absolute atomic E-state index is 0.0468. The Morgan fingerprint density at radius 2 is 2.00 bits per heavy atom. The van der Waals surface area contributed by atoms with Gasteiger partial charge in [-0.15, -0.1) is 0 Å². The third kappa shape index (κ3) is 4.59. The van der Waals surface area contributed by atoms with Gasteiger partial charge >= 0.3 is 5.97 Å². The number of rotatable bonds is 7. The van der Waals surface area contributed by atoms with Crippen LogP contribution in [-0.4, -0.2) is 60.3 Å². The highest BCUT2D eigenvalue weighted by Crippen LogP contribution is 2.30. The van der Waals surface area contributed by atoms with Crippen molar-refractivity contribution in [1.29, 1.82) is 0 Å². The molecule has 1 amide bonds. The summed E-state index contributed by atoms with van der Waals surface area (Å²) in [5.74, 6) is 0.555. The molecule has 2 aromatic rings. The maximum atomic E-state index is 12.3. The molecule has 8 nitrogen and oxygen atoms in total. The van der Waals surface area contributed by atoms with Crippen LogP contribution in [0.25, 0.3) is 11.0 Å². The van der Waals surface area contributed by atoms with E-state index >= 15 is 0 Å². The lowest BCUT2D eigenvalue weighted by atomic mass is 9.84. The van der Waals surface area contributed by atoms with E-state index in [4.69, 9.17) is 9.26 Å². The number of aryl methyl sites for hydroxylation is 1. The maximum Gasteiger partial charge on any atom is 0.308 e. The molecule has 1 aliphatic heterocycles. The van der Waals surface area contributed by atoms with Gasteiger partial charge in [-0.2, -0.15) is 0 Å². The van der Waals surface area contributed by atoms with Crippen molar-refractivity contribution in [2.24, 2.45) is 5.92 Å². The van der Waals surface area contributed by atoms with Crippen LogP contribution < -0.4 is 10.6 Å². The highest BCUT2D eigenvalue weighted by molar-refractivity contribution is 5.90. The smallest absolute Gasteiger partial charge is 0.308 e. The van der Waals surface area contributed by atoms with Gasteiger partial charge in [0.2, 0.25) is 5.91 Å². The van der Waals surface area contributed by atoms with Crippen LogP contribution in [0.15, 0.2) is 22.7 Å². The lowest BCUT2D eigenvalue weighted by Crippen LogP contribution is -2.63. The van der Waals surface area contributed by atoms with Crippen LogP contribution in [0.3, 0.4) is 0 Å². The summed E-state index contributed by atoms with van der Waals surface area (Å²) in [5.41, 5.74) is 1.82. The monoisotopic (exact) mass is 414 g/mol. The van der Waals surface area contributed by atoms with Gasteiger partial charge in [-0.3, -0.25) is 14.5 Å². The maximum absolute atomic E-state index is 12.3. The second-order valence-corrected chi connectivity index (χ2v) is 8.36. The van der Waals surface area contributed by atoms with Crippen LogP contribution in [0.1, 0.15) is 38.2 Å². The summed E-state index contributed by atoms with van der Waals surface area (Å²) in [5, 5.41) is 11.1. The van der Waals surface area contributed by atoms with E-state index in [0.29, 0.717) is 24.0 Å². The second-order valence-electron chi connectivity index (χ2n) is 8.36. The molecule has 0 bridgehead atoms. The average molecular weight is 415 g/mol. The fourth-order valence-electron chi connectivity index (χ4n) is 4.46. The molecule has 2 aliphatic rings. The summed E-state index contributed by atoms with van der Waals surface area (Å²) >= 11 is 0. The van der Waals surface area contributed by atoms with Gasteiger partial charge in [0.1, 0.15) is 0 Å². The molecule has 0 unspecified atom stereocenters. The zero-order chi connectivity index (χ0) is 21.1. The van der Waals surface area contributed by atoms with E-state index in [1.54, 1.807) is 0 Å². The molecule has 1 aromatic heterocycles. The molecule has 0 radical (unpaired) electrons. The zero-order valence-electron chi connectivity index (χ0n) is 17.6. The molecule has 4 rings (SSSR count). The zero-order valence-corrected chi connectivity index (χ0v) is 17.6. The Morgan fingerprint density at radius 3 is 2.73 bits per heavy atom. The molecule has 8 heteroatoms. The Labute approximate surface area is 176 Å². The van der Waals surface area contributed by atoms with Crippen LogP contribution in [-0.2, 0) is 14.3 Å². The number of anilines is 1. The standard InChI is InChI=1S/C22H30N4O4/c1-3-29-22(28)15-5-7-17(8-6-15)26-12-16(13-26)24-20(27)11-23-21-18-10-14(2)4-9-19(18)30-25-21/h4,9-10,15-17H,3,5-8,11-13H2,1-2H3,(H,23,25)(H,24,27)/t15-,17+. The number of nitrogens with zero attached hydrogens (tertiary/aromatic N) is 2. The Bertz CT molecular complexity index is 898. The molecule has 2 fully saturated rings. The van der Waals surface area contributed by atoms with Crippen molar-refractivity contribution >= 4 is 28.7 Å². The van der Waals surface area contributed by atoms with Gasteiger partial charge in [-0.1, -0.05) is 16.8 Å². The van der Waals surface area contributed by atoms with E-state index in [-0.39, 0.29) is 30.4 Å². The third-order valence-corrected chi connectivity index (χ3v) is 6.15. The van der Waals surface area contributed by atoms with E-state index in [2.05, 4.69) is 20.7 Å². The van der Waals surface area contributed by atoms with E-state index < -0.39 is 0 Å². The number of benzene rings is 1. The number of likely N-dealkylation sites (tertiary alicyclic amines) is 1. The van der Waals surface area contributed by atoms with Crippen molar-refractivity contribution in [3.8, 4) is 0 Å². The van der Waals surface area contributed by atoms with Crippen molar-refractivity contribution in [2.75, 3.05) is 31.6 Å². The quantitative estimate of drug-likeness (QED) is 0.672. The highest BCUT2D eigenvalue weighted by atomic mass is 16.5. The van der Waals surface area contributed by atoms with Gasteiger partial charge in [-0.05, 0) is 51.7 Å². The number of esters is 1. The van der Waals surface area contributed by atoms with Crippen LogP contribution >= 0.6 is 0 Å². The summed E-state index contributed by atoms with van der Waals surface area (Å²) < 4.78 is 10.4. The van der Waals surface area contributed by atoms with Crippen LogP contribution in [0, 0.1) is 12.8 Å². The lowest BCUT2D eigenvalue weighted by Gasteiger charge is -2.46. The normalized spacial score (nSPS) is 22.5. The van der Waals surface area contributed by atoms with Crippen LogP contribution in [0.4, 0.5) is 5.82 Å². The first-order chi connectivity index (χ1) is 14.5. The van der Waals surface area contributed by atoms with Gasteiger partial charge in [-0.25, -0.2) is 0 Å². The highest BCUT2D eigenvalue weighted by Gasteiger charge is 2.36. The number of aromatic nitrogens is 1. The van der Waals surface area contributed by atoms with Gasteiger partial charge in [0.15, 0.2) is 11.4 Å². The van der Waals surface area contributed by atoms with Crippen molar-refractivity contribution in [3.63, 3.8) is 0 Å². The first-order valence-electron chi connectivity index (χ1n) is 10.8. The lowest BCUT2D eigenvalue weighted by molar-refractivity contribution is -0.149. The molecular formula is C22H30N4O4. The number of amides is 1. The minimum atomic E-state index is -0.0488. The Balaban J connectivity index is 1.17. The number of fused-ring (bicyclic) bond motifs is 1. The van der Waals surface area contributed by atoms with Crippen LogP contribution in [0.2, 0.25) is 0 Å². The molecule has 0 atom stereocenters. The molecule has 1 aromatic carbocycles. The molecule has 2 heterocycles. The number of hydrogen-bond acceptors (Lipinski definition) is 7. The summed E-state index contributed by atoms with van der Waals surface area (Å²) in [6.45, 7) is 6.21. The molecular weight excluding hydrogens is 384 g/mol. The topological polar surface area (TPSA) is 96.7 Å². The molecule has 1 saturated carbocycles. The third-order valence-electron chi connectivity index (χ3n) is 6.15. The number of nitrogens with one attached hydrogen (secondary N) is 2. The largest absolute Gasteiger partial charge is 0.466 e. The van der Waals surface area contributed by atoms with Crippen molar-refractivity contribution in [2.45, 2.75) is 51.6 Å². The predicted octanol–water partition coefficient (Wildman–Crippen LogP) is 2.47. The fraction of sp³-hybridized carbons (Fsp3) is 0.591. The van der Waals surface area contributed by atoms with E-state index in [1.807, 2.05) is 32.0 Å². The van der Waals surface area contributed by atoms with Crippen molar-refractivity contribution in [1.82, 2.24) is 15.4 Å². The summed E-state index contributed by atoms with van der Waals surface area (Å²) in [7, 11) is 0. The fourth-order valence-corrected chi connectivity index (χ4v) is 4.46. The van der Waals surface area contributed by atoms with Gasteiger partial charge in [0, 0.05) is 19.1 Å². The van der Waals surface area contributed by atoms with Crippen LogP contribution in [0.5, 0.6) is 0 Å². The molecule has 162 valence electrons. The van der Waals surface area contributed by atoms with Gasteiger partial charge in [0.25, 0.3) is 0 Å². The minimum Gasteiger partial charge on any atom is -0.466 e. The van der Waals surface area contributed by atoms with Gasteiger partial charge in [0.05, 0.1) is 30.5 Å². The molecule has 1 aliphatic carbocycles. The molecule has 30 heavy (non-hydrogen) atoms. The number of carbonyl (C=O) groups is 2. The summed E-state index contributed by atoms with van der Waals surface area (Å²) in [4.78, 5) is 26.6. The predicted molar refractivity (Wildman–Crippen MR) is 113 cm³/mol. The van der Waals surface area contributed by atoms with Gasteiger partial charge < -0.3 is 19.9 Å². The number of hydrogen-bond donors (Lipinski definition) is 2. The Morgan fingerprint density at radius 1 is 1.23 bits per heavy atom. The average Bonchev–Trinajstić information content (AvgIpc) is 3.11. The molecule has 1 saturated heterocycles. The molecule has 0 spiro atoms. The number of ether oxygens (including phenoxy) is 1. The first-order valence-corrected chi connectivity index (χ1v) is 10.8. The van der Waals surface area contributed by atoms with E-state index in [1.165, 1.54) is 0 Å². The van der Waals surface area contributed by atoms with Crippen molar-refractivity contribution < 1.29 is 18.8 Å². The summed E-state index contributed by atoms with van der Waals surface area (Å²) in [6.07, 6.45) is 3.83. The SMILES string of the molecule is CCOC(=O)[C@H]1CC[C@@H](N2CC(NC(=O)CNc3noc4ccc(C)cc34)C2)CC1. The van der Waals surface area contributed by atoms with E-state index in [0.717, 1.165) is 49.7 Å². The first kappa shape index (κ1) is 20.7.